The number of halogens is 1. The molecular formula is C14H20ClNO2S. The third kappa shape index (κ3) is 3.48. The number of rotatable bonds is 3. The lowest BCUT2D eigenvalue weighted by Gasteiger charge is -2.29. The largest absolute Gasteiger partial charge is 0.468 e. The Kier molecular flexibility index (Phi) is 4.85. The fourth-order valence-corrected chi connectivity index (χ4v) is 3.46. The van der Waals surface area contributed by atoms with Gasteiger partial charge in [0, 0.05) is 24.7 Å². The van der Waals surface area contributed by atoms with Crippen molar-refractivity contribution in [2.24, 2.45) is 5.41 Å². The third-order valence-electron chi connectivity index (χ3n) is 3.40. The fraction of sp³-hybridized carbons (Fsp3) is 0.643. The van der Waals surface area contributed by atoms with Crippen LogP contribution in [0, 0.1) is 5.41 Å². The van der Waals surface area contributed by atoms with Gasteiger partial charge >= 0.3 is 0 Å². The van der Waals surface area contributed by atoms with Crippen molar-refractivity contribution in [2.45, 2.75) is 25.5 Å². The molecule has 0 spiro atoms. The Balaban J connectivity index is 1.99. The lowest BCUT2D eigenvalue weighted by molar-refractivity contribution is -0.139. The van der Waals surface area contributed by atoms with Gasteiger partial charge in [0.05, 0.1) is 16.9 Å². The van der Waals surface area contributed by atoms with E-state index >= 15 is 0 Å². The third-order valence-corrected chi connectivity index (χ3v) is 5.36. The molecule has 0 N–H and O–H groups in total. The van der Waals surface area contributed by atoms with Crippen molar-refractivity contribution in [2.75, 3.05) is 24.7 Å². The average molecular weight is 302 g/mol. The van der Waals surface area contributed by atoms with Gasteiger partial charge in [-0.05, 0) is 32.4 Å². The van der Waals surface area contributed by atoms with E-state index in [0.717, 1.165) is 31.0 Å². The summed E-state index contributed by atoms with van der Waals surface area (Å²) in [5, 5.41) is 0.354. The van der Waals surface area contributed by atoms with Gasteiger partial charge in [-0.15, -0.1) is 23.4 Å². The monoisotopic (exact) mass is 301 g/mol. The molecule has 1 unspecified atom stereocenters. The maximum Gasteiger partial charge on any atom is 0.229 e. The minimum atomic E-state index is -0.475. The molecular weight excluding hydrogens is 282 g/mol. The quantitative estimate of drug-likeness (QED) is 0.801. The second-order valence-corrected chi connectivity index (χ2v) is 7.05. The summed E-state index contributed by atoms with van der Waals surface area (Å²) < 4.78 is 5.47. The van der Waals surface area contributed by atoms with E-state index in [1.807, 2.05) is 42.6 Å². The molecule has 0 radical (unpaired) electrons. The molecule has 1 amide bonds. The number of amides is 1. The summed E-state index contributed by atoms with van der Waals surface area (Å²) in [6.45, 7) is 5.38. The van der Waals surface area contributed by atoms with Gasteiger partial charge in [0.2, 0.25) is 5.91 Å². The van der Waals surface area contributed by atoms with E-state index in [1.54, 1.807) is 6.26 Å². The lowest BCUT2D eigenvalue weighted by atomic mass is 9.94. The van der Waals surface area contributed by atoms with Crippen LogP contribution in [-0.4, -0.2) is 35.5 Å². The van der Waals surface area contributed by atoms with Gasteiger partial charge in [0.1, 0.15) is 5.76 Å². The van der Waals surface area contributed by atoms with E-state index in [4.69, 9.17) is 16.0 Å². The van der Waals surface area contributed by atoms with Crippen molar-refractivity contribution in [3.63, 3.8) is 0 Å². The first-order valence-corrected chi connectivity index (χ1v) is 8.13. The number of thioether (sulfide) groups is 1. The Morgan fingerprint density at radius 3 is 3.00 bits per heavy atom. The van der Waals surface area contributed by atoms with Crippen LogP contribution in [0.1, 0.15) is 31.3 Å². The maximum absolute atomic E-state index is 12.4. The highest BCUT2D eigenvalue weighted by Gasteiger charge is 2.32. The second kappa shape index (κ2) is 6.23. The molecule has 0 aromatic carbocycles. The molecule has 1 aromatic rings. The minimum Gasteiger partial charge on any atom is -0.468 e. The summed E-state index contributed by atoms with van der Waals surface area (Å²) >= 11 is 7.75. The van der Waals surface area contributed by atoms with Gasteiger partial charge in [0.15, 0.2) is 0 Å². The SMILES string of the molecule is CC(C)(CCl)C(=O)N1CCSC(c2ccco2)CC1. The summed E-state index contributed by atoms with van der Waals surface area (Å²) in [6, 6.07) is 3.93. The molecule has 0 aliphatic carbocycles. The van der Waals surface area contributed by atoms with E-state index in [1.165, 1.54) is 0 Å². The van der Waals surface area contributed by atoms with Crippen molar-refractivity contribution in [1.82, 2.24) is 4.90 Å². The van der Waals surface area contributed by atoms with Crippen LogP contribution in [0.3, 0.4) is 0 Å². The van der Waals surface area contributed by atoms with Gasteiger partial charge in [-0.3, -0.25) is 4.79 Å². The number of nitrogens with zero attached hydrogens (tertiary/aromatic N) is 1. The van der Waals surface area contributed by atoms with Crippen molar-refractivity contribution >= 4 is 29.3 Å². The molecule has 2 heterocycles. The summed E-state index contributed by atoms with van der Waals surface area (Å²) in [7, 11) is 0. The first-order valence-electron chi connectivity index (χ1n) is 6.55. The number of alkyl halides is 1. The highest BCUT2D eigenvalue weighted by Crippen LogP contribution is 2.35. The van der Waals surface area contributed by atoms with Crippen molar-refractivity contribution in [1.29, 1.82) is 0 Å². The molecule has 2 rings (SSSR count). The van der Waals surface area contributed by atoms with Crippen molar-refractivity contribution in [3.8, 4) is 0 Å². The van der Waals surface area contributed by atoms with Crippen molar-refractivity contribution in [3.05, 3.63) is 24.2 Å². The van der Waals surface area contributed by atoms with Crippen LogP contribution in [0.15, 0.2) is 22.8 Å². The first kappa shape index (κ1) is 14.8. The van der Waals surface area contributed by atoms with Gasteiger partial charge in [-0.25, -0.2) is 0 Å². The minimum absolute atomic E-state index is 0.156. The zero-order valence-electron chi connectivity index (χ0n) is 11.4. The van der Waals surface area contributed by atoms with Gasteiger partial charge in [0.25, 0.3) is 0 Å². The lowest BCUT2D eigenvalue weighted by Crippen LogP contribution is -2.43. The van der Waals surface area contributed by atoms with Crippen LogP contribution >= 0.6 is 23.4 Å². The predicted octanol–water partition coefficient (Wildman–Crippen LogP) is 3.55. The molecule has 5 heteroatoms. The number of furan rings is 1. The molecule has 1 aliphatic rings. The first-order chi connectivity index (χ1) is 9.04. The second-order valence-electron chi connectivity index (χ2n) is 5.47. The topological polar surface area (TPSA) is 33.5 Å². The van der Waals surface area contributed by atoms with Crippen LogP contribution in [0.2, 0.25) is 0 Å². The number of hydrogen-bond donors (Lipinski definition) is 0. The maximum atomic E-state index is 12.4. The molecule has 0 saturated carbocycles. The predicted molar refractivity (Wildman–Crippen MR) is 79.6 cm³/mol. The van der Waals surface area contributed by atoms with E-state index in [2.05, 4.69) is 0 Å². The van der Waals surface area contributed by atoms with Crippen LogP contribution in [0.4, 0.5) is 0 Å². The summed E-state index contributed by atoms with van der Waals surface area (Å²) in [4.78, 5) is 14.3. The Morgan fingerprint density at radius 2 is 2.37 bits per heavy atom. The Bertz CT molecular complexity index is 419. The van der Waals surface area contributed by atoms with Crippen LogP contribution < -0.4 is 0 Å². The summed E-state index contributed by atoms with van der Waals surface area (Å²) in [5.74, 6) is 2.46. The highest BCUT2D eigenvalue weighted by atomic mass is 35.5. The van der Waals surface area contributed by atoms with Gasteiger partial charge in [-0.2, -0.15) is 0 Å². The van der Waals surface area contributed by atoms with Crippen molar-refractivity contribution < 1.29 is 9.21 Å². The zero-order valence-corrected chi connectivity index (χ0v) is 13.0. The summed E-state index contributed by atoms with van der Waals surface area (Å²) in [6.07, 6.45) is 2.64. The molecule has 1 aliphatic heterocycles. The molecule has 1 fully saturated rings. The number of carbonyl (C=O) groups excluding carboxylic acids is 1. The Hall–Kier alpha value is -0.610. The molecule has 1 saturated heterocycles. The molecule has 0 bridgehead atoms. The van der Waals surface area contributed by atoms with E-state index in [9.17, 15) is 4.79 Å². The smallest absolute Gasteiger partial charge is 0.229 e. The highest BCUT2D eigenvalue weighted by molar-refractivity contribution is 7.99. The Morgan fingerprint density at radius 1 is 1.58 bits per heavy atom. The molecule has 19 heavy (non-hydrogen) atoms. The van der Waals surface area contributed by atoms with Gasteiger partial charge < -0.3 is 9.32 Å². The zero-order chi connectivity index (χ0) is 13.9. The molecule has 1 aromatic heterocycles. The van der Waals surface area contributed by atoms with Gasteiger partial charge in [-0.1, -0.05) is 0 Å². The molecule has 3 nitrogen and oxygen atoms in total. The van der Waals surface area contributed by atoms with Crippen LogP contribution in [0.25, 0.3) is 0 Å². The van der Waals surface area contributed by atoms with E-state index in [0.29, 0.717) is 11.1 Å². The number of carbonyl (C=O) groups is 1. The normalized spacial score (nSPS) is 21.2. The molecule has 1 atom stereocenters. The average Bonchev–Trinajstić information content (AvgIpc) is 2.83. The van der Waals surface area contributed by atoms with Crippen LogP contribution in [-0.2, 0) is 4.79 Å². The standard InChI is InChI=1S/C14H20ClNO2S/c1-14(2,10-15)13(17)16-6-5-12(19-9-7-16)11-4-3-8-18-11/h3-4,8,12H,5-7,9-10H2,1-2H3. The van der Waals surface area contributed by atoms with E-state index < -0.39 is 5.41 Å². The number of hydrogen-bond acceptors (Lipinski definition) is 3. The van der Waals surface area contributed by atoms with Crippen LogP contribution in [0.5, 0.6) is 0 Å². The fourth-order valence-electron chi connectivity index (χ4n) is 2.16. The summed E-state index contributed by atoms with van der Waals surface area (Å²) in [5.41, 5.74) is -0.475. The van der Waals surface area contributed by atoms with E-state index in [-0.39, 0.29) is 5.91 Å². The molecule has 106 valence electrons. The Labute approximate surface area is 123 Å².